The Kier molecular flexibility index (Phi) is 2.65. The monoisotopic (exact) mass is 224 g/mol. The standard InChI is InChI=1S/C15H16N2/c16-10-14-9-15(14)13-3-1-11(2-4-13)12-5-7-17-8-6-12/h1-8,14-15H,9-10,16H2. The maximum absolute atomic E-state index is 5.68. The Hall–Kier alpha value is -1.67. The lowest BCUT2D eigenvalue weighted by atomic mass is 10.0. The van der Waals surface area contributed by atoms with E-state index >= 15 is 0 Å². The number of nitrogens with zero attached hydrogens (tertiary/aromatic N) is 1. The van der Waals surface area contributed by atoms with Gasteiger partial charge in [0.05, 0.1) is 0 Å². The van der Waals surface area contributed by atoms with E-state index in [4.69, 9.17) is 5.73 Å². The maximum atomic E-state index is 5.68. The summed E-state index contributed by atoms with van der Waals surface area (Å²) in [6.07, 6.45) is 4.91. The molecule has 86 valence electrons. The van der Waals surface area contributed by atoms with Crippen LogP contribution in [-0.2, 0) is 0 Å². The van der Waals surface area contributed by atoms with Gasteiger partial charge in [-0.3, -0.25) is 4.98 Å². The van der Waals surface area contributed by atoms with Gasteiger partial charge in [0.2, 0.25) is 0 Å². The molecule has 1 aromatic heterocycles. The fourth-order valence-corrected chi connectivity index (χ4v) is 2.38. The largest absolute Gasteiger partial charge is 0.330 e. The number of aromatic nitrogens is 1. The molecule has 1 fully saturated rings. The summed E-state index contributed by atoms with van der Waals surface area (Å²) >= 11 is 0. The number of rotatable bonds is 3. The van der Waals surface area contributed by atoms with Gasteiger partial charge in [0, 0.05) is 12.4 Å². The molecule has 2 atom stereocenters. The van der Waals surface area contributed by atoms with Crippen LogP contribution in [0.2, 0.25) is 0 Å². The van der Waals surface area contributed by atoms with Crippen molar-refractivity contribution in [3.8, 4) is 11.1 Å². The summed E-state index contributed by atoms with van der Waals surface area (Å²) < 4.78 is 0. The summed E-state index contributed by atoms with van der Waals surface area (Å²) in [6, 6.07) is 12.9. The van der Waals surface area contributed by atoms with E-state index in [2.05, 4.69) is 29.2 Å². The van der Waals surface area contributed by atoms with Gasteiger partial charge >= 0.3 is 0 Å². The van der Waals surface area contributed by atoms with Crippen LogP contribution < -0.4 is 5.73 Å². The number of pyridine rings is 1. The van der Waals surface area contributed by atoms with Crippen molar-refractivity contribution in [1.82, 2.24) is 4.98 Å². The number of hydrogen-bond acceptors (Lipinski definition) is 2. The third kappa shape index (κ3) is 2.08. The third-order valence-corrected chi connectivity index (χ3v) is 3.58. The molecule has 0 spiro atoms. The molecule has 2 N–H and O–H groups in total. The van der Waals surface area contributed by atoms with Crippen molar-refractivity contribution < 1.29 is 0 Å². The molecular formula is C15H16N2. The first kappa shape index (κ1) is 10.5. The second kappa shape index (κ2) is 4.30. The summed E-state index contributed by atoms with van der Waals surface area (Å²) in [5.41, 5.74) is 9.58. The number of nitrogens with two attached hydrogens (primary N) is 1. The molecule has 3 rings (SSSR count). The molecule has 2 nitrogen and oxygen atoms in total. The molecule has 2 aromatic rings. The topological polar surface area (TPSA) is 38.9 Å². The summed E-state index contributed by atoms with van der Waals surface area (Å²) in [5, 5.41) is 0. The van der Waals surface area contributed by atoms with E-state index in [1.165, 1.54) is 23.1 Å². The molecule has 1 aliphatic rings. The fourth-order valence-electron chi connectivity index (χ4n) is 2.38. The molecule has 0 aliphatic heterocycles. The minimum absolute atomic E-state index is 0.700. The summed E-state index contributed by atoms with van der Waals surface area (Å²) in [4.78, 5) is 4.03. The molecule has 1 saturated carbocycles. The van der Waals surface area contributed by atoms with Gasteiger partial charge in [-0.1, -0.05) is 24.3 Å². The van der Waals surface area contributed by atoms with Crippen LogP contribution >= 0.6 is 0 Å². The van der Waals surface area contributed by atoms with Crippen molar-refractivity contribution in [3.05, 3.63) is 54.4 Å². The highest BCUT2D eigenvalue weighted by Crippen LogP contribution is 2.46. The fraction of sp³-hybridized carbons (Fsp3) is 0.267. The maximum Gasteiger partial charge on any atom is 0.0273 e. The van der Waals surface area contributed by atoms with Crippen LogP contribution in [0.1, 0.15) is 17.9 Å². The quantitative estimate of drug-likeness (QED) is 0.870. The molecule has 17 heavy (non-hydrogen) atoms. The molecule has 1 heterocycles. The van der Waals surface area contributed by atoms with Crippen LogP contribution in [0, 0.1) is 5.92 Å². The lowest BCUT2D eigenvalue weighted by molar-refractivity contribution is 0.810. The number of hydrogen-bond donors (Lipinski definition) is 1. The van der Waals surface area contributed by atoms with Crippen molar-refractivity contribution in [1.29, 1.82) is 0 Å². The Morgan fingerprint density at radius 2 is 1.65 bits per heavy atom. The predicted octanol–water partition coefficient (Wildman–Crippen LogP) is 2.81. The predicted molar refractivity (Wildman–Crippen MR) is 69.6 cm³/mol. The highest BCUT2D eigenvalue weighted by Gasteiger charge is 2.36. The average Bonchev–Trinajstić information content (AvgIpc) is 3.19. The molecule has 0 radical (unpaired) electrons. The Bertz CT molecular complexity index is 490. The summed E-state index contributed by atoms with van der Waals surface area (Å²) in [5.74, 6) is 1.41. The van der Waals surface area contributed by atoms with Gasteiger partial charge < -0.3 is 5.73 Å². The normalized spacial score (nSPS) is 22.4. The van der Waals surface area contributed by atoms with E-state index in [0.29, 0.717) is 11.8 Å². The molecule has 0 bridgehead atoms. The van der Waals surface area contributed by atoms with E-state index < -0.39 is 0 Å². The van der Waals surface area contributed by atoms with Crippen LogP contribution in [0.5, 0.6) is 0 Å². The summed E-state index contributed by atoms with van der Waals surface area (Å²) in [7, 11) is 0. The van der Waals surface area contributed by atoms with Gasteiger partial charge in [-0.15, -0.1) is 0 Å². The van der Waals surface area contributed by atoms with Gasteiger partial charge in [-0.25, -0.2) is 0 Å². The van der Waals surface area contributed by atoms with Gasteiger partial charge in [0.25, 0.3) is 0 Å². The first-order valence-corrected chi connectivity index (χ1v) is 6.09. The van der Waals surface area contributed by atoms with Crippen molar-refractivity contribution in [2.45, 2.75) is 12.3 Å². The van der Waals surface area contributed by atoms with Crippen LogP contribution in [-0.4, -0.2) is 11.5 Å². The van der Waals surface area contributed by atoms with Crippen molar-refractivity contribution in [2.24, 2.45) is 11.7 Å². The van der Waals surface area contributed by atoms with Crippen molar-refractivity contribution in [3.63, 3.8) is 0 Å². The molecule has 0 saturated heterocycles. The van der Waals surface area contributed by atoms with Crippen LogP contribution in [0.15, 0.2) is 48.8 Å². The van der Waals surface area contributed by atoms with Gasteiger partial charge in [0.15, 0.2) is 0 Å². The third-order valence-electron chi connectivity index (χ3n) is 3.58. The zero-order valence-electron chi connectivity index (χ0n) is 9.71. The lowest BCUT2D eigenvalue weighted by Gasteiger charge is -2.03. The Morgan fingerprint density at radius 3 is 2.24 bits per heavy atom. The van der Waals surface area contributed by atoms with E-state index in [9.17, 15) is 0 Å². The van der Waals surface area contributed by atoms with Crippen molar-refractivity contribution in [2.75, 3.05) is 6.54 Å². The van der Waals surface area contributed by atoms with Gasteiger partial charge in [0.1, 0.15) is 0 Å². The van der Waals surface area contributed by atoms with Crippen LogP contribution in [0.4, 0.5) is 0 Å². The molecule has 1 aromatic carbocycles. The minimum Gasteiger partial charge on any atom is -0.330 e. The highest BCUT2D eigenvalue weighted by molar-refractivity contribution is 5.63. The zero-order chi connectivity index (χ0) is 11.7. The first-order valence-electron chi connectivity index (χ1n) is 6.09. The van der Waals surface area contributed by atoms with E-state index in [-0.39, 0.29) is 0 Å². The van der Waals surface area contributed by atoms with E-state index in [1.807, 2.05) is 24.5 Å². The Morgan fingerprint density at radius 1 is 1.00 bits per heavy atom. The highest BCUT2D eigenvalue weighted by atomic mass is 14.6. The smallest absolute Gasteiger partial charge is 0.0273 e. The Labute approximate surface area is 102 Å². The average molecular weight is 224 g/mol. The number of benzene rings is 1. The van der Waals surface area contributed by atoms with Crippen molar-refractivity contribution >= 4 is 0 Å². The second-order valence-electron chi connectivity index (χ2n) is 4.70. The van der Waals surface area contributed by atoms with Crippen LogP contribution in [0.25, 0.3) is 11.1 Å². The molecular weight excluding hydrogens is 208 g/mol. The Balaban J connectivity index is 1.82. The second-order valence-corrected chi connectivity index (χ2v) is 4.70. The molecule has 2 heteroatoms. The molecule has 2 unspecified atom stereocenters. The first-order chi connectivity index (χ1) is 8.38. The molecule has 0 amide bonds. The minimum atomic E-state index is 0.700. The lowest BCUT2D eigenvalue weighted by Crippen LogP contribution is -2.01. The molecule has 1 aliphatic carbocycles. The van der Waals surface area contributed by atoms with Crippen LogP contribution in [0.3, 0.4) is 0 Å². The summed E-state index contributed by atoms with van der Waals surface area (Å²) in [6.45, 7) is 0.816. The van der Waals surface area contributed by atoms with Gasteiger partial charge in [-0.2, -0.15) is 0 Å². The van der Waals surface area contributed by atoms with E-state index in [1.54, 1.807) is 0 Å². The SMILES string of the molecule is NCC1CC1c1ccc(-c2ccncc2)cc1. The van der Waals surface area contributed by atoms with E-state index in [0.717, 1.165) is 6.54 Å². The van der Waals surface area contributed by atoms with Gasteiger partial charge in [-0.05, 0) is 53.6 Å². The zero-order valence-corrected chi connectivity index (χ0v) is 9.71.